The van der Waals surface area contributed by atoms with E-state index in [9.17, 15) is 27.6 Å². The van der Waals surface area contributed by atoms with Gasteiger partial charge in [0.25, 0.3) is 5.91 Å². The molecule has 12 nitrogen and oxygen atoms in total. The molecular formula is C30H43N5O7S. The van der Waals surface area contributed by atoms with Crippen molar-refractivity contribution in [1.82, 2.24) is 20.3 Å². The van der Waals surface area contributed by atoms with Crippen molar-refractivity contribution in [2.45, 2.75) is 102 Å². The molecule has 0 aromatic heterocycles. The molecule has 3 aliphatic rings. The lowest BCUT2D eigenvalue weighted by atomic mass is 10.0. The number of alkyl carbamates (subject to hydrolysis) is 1. The van der Waals surface area contributed by atoms with Crippen LogP contribution in [0.1, 0.15) is 77.7 Å². The van der Waals surface area contributed by atoms with Gasteiger partial charge in [0.1, 0.15) is 23.2 Å². The minimum atomic E-state index is -4.29. The first-order valence-corrected chi connectivity index (χ1v) is 16.4. The molecule has 4 rings (SSSR count). The largest absolute Gasteiger partial charge is 0.444 e. The third-order valence-corrected chi connectivity index (χ3v) is 8.82. The average Bonchev–Trinajstić information content (AvgIpc) is 3.36. The van der Waals surface area contributed by atoms with Crippen LogP contribution in [0.25, 0.3) is 0 Å². The van der Waals surface area contributed by atoms with Crippen LogP contribution >= 0.6 is 0 Å². The smallest absolute Gasteiger partial charge is 0.408 e. The van der Waals surface area contributed by atoms with Crippen LogP contribution in [0.4, 0.5) is 10.5 Å². The molecule has 1 saturated heterocycles. The van der Waals surface area contributed by atoms with Crippen molar-refractivity contribution in [3.05, 3.63) is 42.0 Å². The van der Waals surface area contributed by atoms with E-state index in [-0.39, 0.29) is 18.0 Å². The molecule has 2 fully saturated rings. The second-order valence-electron chi connectivity index (χ2n) is 12.6. The van der Waals surface area contributed by atoms with E-state index in [0.29, 0.717) is 38.6 Å². The summed E-state index contributed by atoms with van der Waals surface area (Å²) < 4.78 is 35.5. The number of nitrogens with one attached hydrogen (secondary N) is 4. The maximum Gasteiger partial charge on any atom is 0.408 e. The number of carbonyl (C=O) groups is 4. The van der Waals surface area contributed by atoms with Crippen LogP contribution in [0.5, 0.6) is 0 Å². The Hall–Kier alpha value is -3.61. The van der Waals surface area contributed by atoms with E-state index in [2.05, 4.69) is 20.1 Å². The maximum atomic E-state index is 13.7. The summed E-state index contributed by atoms with van der Waals surface area (Å²) in [5, 5.41) is 5.51. The summed E-state index contributed by atoms with van der Waals surface area (Å²) >= 11 is 0. The van der Waals surface area contributed by atoms with Crippen LogP contribution < -0.4 is 20.1 Å². The lowest BCUT2D eigenvalue weighted by molar-refractivity contribution is -0.141. The predicted molar refractivity (Wildman–Crippen MR) is 161 cm³/mol. The van der Waals surface area contributed by atoms with Gasteiger partial charge in [-0.2, -0.15) is 8.42 Å². The molecule has 4 N–H and O–H groups in total. The Morgan fingerprint density at radius 2 is 1.77 bits per heavy atom. The fourth-order valence-corrected chi connectivity index (χ4v) is 6.48. The standard InChI is InChI=1S/C30H43N5O7S/c1-20-14-16-22(17-15-20)33-43(40,41)34-27(38)30-19-21(30)11-8-6-5-7-9-12-23(31-28(39)42-29(2,3)4)26(37)35-18-10-13-24(35)25(36)32-30/h8,11,14-17,21,23-24,33H,5-7,9-10,12-13,18-19H2,1-4H3,(H,31,39)(H,32,36)(H,34,38)/b11-8-. The highest BCUT2D eigenvalue weighted by atomic mass is 32.2. The second kappa shape index (κ2) is 12.9. The minimum absolute atomic E-state index is 0.227. The molecule has 1 saturated carbocycles. The van der Waals surface area contributed by atoms with Crippen molar-refractivity contribution >= 4 is 39.7 Å². The monoisotopic (exact) mass is 617 g/mol. The van der Waals surface area contributed by atoms with Crippen LogP contribution in [0, 0.1) is 12.8 Å². The molecule has 4 unspecified atom stereocenters. The van der Waals surface area contributed by atoms with Crippen molar-refractivity contribution in [2.24, 2.45) is 5.92 Å². The van der Waals surface area contributed by atoms with Crippen molar-refractivity contribution in [2.75, 3.05) is 11.3 Å². The maximum absolute atomic E-state index is 13.7. The number of carbonyl (C=O) groups excluding carboxylic acids is 4. The lowest BCUT2D eigenvalue weighted by Gasteiger charge is -2.30. The quantitative estimate of drug-likeness (QED) is 0.369. The van der Waals surface area contributed by atoms with Gasteiger partial charge in [0.15, 0.2) is 0 Å². The van der Waals surface area contributed by atoms with Gasteiger partial charge in [0.2, 0.25) is 11.8 Å². The number of hydrogen-bond acceptors (Lipinski definition) is 7. The van der Waals surface area contributed by atoms with Crippen LogP contribution in [-0.2, 0) is 29.3 Å². The Morgan fingerprint density at radius 1 is 1.05 bits per heavy atom. The van der Waals surface area contributed by atoms with Gasteiger partial charge in [-0.15, -0.1) is 0 Å². The Bertz CT molecular complexity index is 1360. The number of anilines is 1. The Kier molecular flexibility index (Phi) is 9.73. The number of amides is 4. The molecule has 4 amide bonds. The topological polar surface area (TPSA) is 163 Å². The highest BCUT2D eigenvalue weighted by molar-refractivity contribution is 7.91. The van der Waals surface area contributed by atoms with Gasteiger partial charge < -0.3 is 20.3 Å². The van der Waals surface area contributed by atoms with Gasteiger partial charge in [-0.25, -0.2) is 9.52 Å². The van der Waals surface area contributed by atoms with Crippen molar-refractivity contribution in [1.29, 1.82) is 0 Å². The fraction of sp³-hybridized carbons (Fsp3) is 0.600. The molecule has 236 valence electrons. The number of ether oxygens (including phenoxy) is 1. The van der Waals surface area contributed by atoms with E-state index >= 15 is 0 Å². The van der Waals surface area contributed by atoms with E-state index in [0.717, 1.165) is 18.4 Å². The summed E-state index contributed by atoms with van der Waals surface area (Å²) in [5.41, 5.74) is -0.977. The lowest BCUT2D eigenvalue weighted by Crippen LogP contribution is -2.58. The summed E-state index contributed by atoms with van der Waals surface area (Å²) in [4.78, 5) is 54.8. The highest BCUT2D eigenvalue weighted by Crippen LogP contribution is 2.45. The van der Waals surface area contributed by atoms with Gasteiger partial charge >= 0.3 is 16.3 Å². The van der Waals surface area contributed by atoms with Crippen molar-refractivity contribution in [3.63, 3.8) is 0 Å². The number of aryl methyl sites for hydroxylation is 1. The normalized spacial score (nSPS) is 27.3. The molecule has 43 heavy (non-hydrogen) atoms. The van der Waals surface area contributed by atoms with Gasteiger partial charge in [0.05, 0.1) is 5.69 Å². The van der Waals surface area contributed by atoms with E-state index in [4.69, 9.17) is 4.74 Å². The van der Waals surface area contributed by atoms with E-state index in [1.54, 1.807) is 45.0 Å². The predicted octanol–water partition coefficient (Wildman–Crippen LogP) is 3.05. The van der Waals surface area contributed by atoms with E-state index < -0.39 is 57.3 Å². The first kappa shape index (κ1) is 32.3. The zero-order valence-corrected chi connectivity index (χ0v) is 26.1. The number of nitrogens with zero attached hydrogens (tertiary/aromatic N) is 1. The van der Waals surface area contributed by atoms with Crippen LogP contribution in [0.2, 0.25) is 0 Å². The third-order valence-electron chi connectivity index (χ3n) is 7.86. The molecule has 13 heteroatoms. The molecule has 1 aliphatic carbocycles. The van der Waals surface area contributed by atoms with E-state index in [1.807, 2.05) is 19.1 Å². The summed E-state index contributed by atoms with van der Waals surface area (Å²) in [6.45, 7) is 7.40. The molecule has 2 heterocycles. The molecule has 2 aliphatic heterocycles. The number of fused-ring (bicyclic) bond motifs is 2. The highest BCUT2D eigenvalue weighted by Gasteiger charge is 2.61. The number of allylic oxidation sites excluding steroid dienone is 1. The van der Waals surface area contributed by atoms with E-state index in [1.165, 1.54) is 4.90 Å². The second-order valence-corrected chi connectivity index (χ2v) is 14.0. The SMILES string of the molecule is Cc1ccc(NS(=O)(=O)NC(=O)C23CC2/C=C\CCCCCC(NC(=O)OC(C)(C)C)C(=O)N2CCCC2C(=O)N3)cc1. The van der Waals surface area contributed by atoms with Gasteiger partial charge in [-0.1, -0.05) is 42.7 Å². The number of rotatable bonds is 5. The van der Waals surface area contributed by atoms with Gasteiger partial charge in [-0.3, -0.25) is 19.1 Å². The van der Waals surface area contributed by atoms with Crippen LogP contribution in [0.15, 0.2) is 36.4 Å². The zero-order valence-electron chi connectivity index (χ0n) is 25.3. The fourth-order valence-electron chi connectivity index (χ4n) is 5.56. The molecular weight excluding hydrogens is 574 g/mol. The van der Waals surface area contributed by atoms with Crippen molar-refractivity contribution < 1.29 is 32.3 Å². The summed E-state index contributed by atoms with van der Waals surface area (Å²) in [6.07, 6.45) is 7.68. The van der Waals surface area contributed by atoms with Gasteiger partial charge in [0, 0.05) is 12.5 Å². The molecule has 0 bridgehead atoms. The summed E-state index contributed by atoms with van der Waals surface area (Å²) in [7, 11) is -4.29. The Morgan fingerprint density at radius 3 is 2.47 bits per heavy atom. The molecule has 1 aromatic rings. The summed E-state index contributed by atoms with van der Waals surface area (Å²) in [5.74, 6) is -2.16. The molecule has 1 aromatic carbocycles. The average molecular weight is 618 g/mol. The molecule has 4 atom stereocenters. The minimum Gasteiger partial charge on any atom is -0.444 e. The number of benzene rings is 1. The molecule has 0 spiro atoms. The first-order chi connectivity index (χ1) is 20.2. The Balaban J connectivity index is 1.53. The Labute approximate surface area is 253 Å². The first-order valence-electron chi connectivity index (χ1n) is 14.9. The third kappa shape index (κ3) is 8.49. The van der Waals surface area contributed by atoms with Gasteiger partial charge in [-0.05, 0) is 78.4 Å². The van der Waals surface area contributed by atoms with Crippen molar-refractivity contribution in [3.8, 4) is 0 Å². The summed E-state index contributed by atoms with van der Waals surface area (Å²) in [6, 6.07) is 4.92. The number of hydrogen-bond donors (Lipinski definition) is 4. The zero-order chi connectivity index (χ0) is 31.4. The molecule has 0 radical (unpaired) electrons. The van der Waals surface area contributed by atoms with Crippen LogP contribution in [0.3, 0.4) is 0 Å². The van der Waals surface area contributed by atoms with Crippen LogP contribution in [-0.4, -0.2) is 66.9 Å².